The summed E-state index contributed by atoms with van der Waals surface area (Å²) in [6, 6.07) is 15.0. The van der Waals surface area contributed by atoms with E-state index >= 15 is 0 Å². The number of piperazine rings is 1. The molecule has 14 heteroatoms. The molecule has 2 aromatic carbocycles. The van der Waals surface area contributed by atoms with Gasteiger partial charge in [-0.25, -0.2) is 9.97 Å². The highest BCUT2D eigenvalue weighted by molar-refractivity contribution is 5.98. The summed E-state index contributed by atoms with van der Waals surface area (Å²) in [6.45, 7) is 3.74. The number of amides is 2. The molecule has 0 spiro atoms. The molecule has 3 fully saturated rings. The van der Waals surface area contributed by atoms with Gasteiger partial charge in [0.15, 0.2) is 6.29 Å². The zero-order chi connectivity index (χ0) is 33.0. The molecule has 0 unspecified atom stereocenters. The monoisotopic (exact) mass is 654 g/mol. The first kappa shape index (κ1) is 32.8. The summed E-state index contributed by atoms with van der Waals surface area (Å²) in [4.78, 5) is 38.5. The van der Waals surface area contributed by atoms with E-state index in [1.54, 1.807) is 42.7 Å². The van der Waals surface area contributed by atoms with Crippen LogP contribution in [0.4, 0.5) is 24.8 Å². The largest absolute Gasteiger partial charge is 0.471 e. The van der Waals surface area contributed by atoms with E-state index < -0.39 is 30.3 Å². The molecule has 1 aromatic heterocycles. The quantitative estimate of drug-likeness (QED) is 0.374. The van der Waals surface area contributed by atoms with E-state index in [0.717, 1.165) is 43.3 Å². The molecule has 3 aliphatic heterocycles. The van der Waals surface area contributed by atoms with E-state index in [9.17, 15) is 27.9 Å². The maximum Gasteiger partial charge on any atom is 0.471 e. The van der Waals surface area contributed by atoms with Gasteiger partial charge in [0, 0.05) is 69.3 Å². The summed E-state index contributed by atoms with van der Waals surface area (Å²) >= 11 is 0. The lowest BCUT2D eigenvalue weighted by molar-refractivity contribution is -0.253. The molecule has 0 aliphatic carbocycles. The van der Waals surface area contributed by atoms with Gasteiger partial charge < -0.3 is 29.7 Å². The molecule has 47 heavy (non-hydrogen) atoms. The molecule has 250 valence electrons. The summed E-state index contributed by atoms with van der Waals surface area (Å²) < 4.78 is 52.0. The van der Waals surface area contributed by atoms with Gasteiger partial charge in [-0.3, -0.25) is 14.5 Å². The lowest BCUT2D eigenvalue weighted by atomic mass is 9.99. The number of aliphatic hydroxyl groups excluding tert-OH is 1. The van der Waals surface area contributed by atoms with Crippen LogP contribution in [0.15, 0.2) is 67.0 Å². The summed E-state index contributed by atoms with van der Waals surface area (Å²) in [7, 11) is 0. The number of likely N-dealkylation sites (tertiary alicyclic amines) is 1. The number of hydrogen-bond acceptors (Lipinski definition) is 9. The lowest BCUT2D eigenvalue weighted by Gasteiger charge is -2.40. The highest BCUT2D eigenvalue weighted by atomic mass is 19.4. The van der Waals surface area contributed by atoms with Gasteiger partial charge in [-0.1, -0.05) is 36.4 Å². The van der Waals surface area contributed by atoms with Gasteiger partial charge in [0.2, 0.25) is 11.9 Å². The molecule has 4 heterocycles. The first-order chi connectivity index (χ1) is 22.7. The lowest BCUT2D eigenvalue weighted by Crippen LogP contribution is -2.50. The number of halogens is 3. The Bertz CT molecular complexity index is 1500. The van der Waals surface area contributed by atoms with Crippen molar-refractivity contribution in [2.24, 2.45) is 0 Å². The number of benzene rings is 2. The molecule has 4 atom stereocenters. The number of nitrogens with one attached hydrogen (secondary N) is 1. The maximum atomic E-state index is 13.0. The topological polar surface area (TPSA) is 120 Å². The third-order valence-corrected chi connectivity index (χ3v) is 8.79. The Morgan fingerprint density at radius 3 is 2.26 bits per heavy atom. The fourth-order valence-electron chi connectivity index (χ4n) is 6.30. The van der Waals surface area contributed by atoms with Crippen LogP contribution in [0.5, 0.6) is 0 Å². The molecule has 6 rings (SSSR count). The number of carbonyl (C=O) groups is 2. The minimum atomic E-state index is -5.04. The van der Waals surface area contributed by atoms with Crippen LogP contribution in [0.1, 0.15) is 48.3 Å². The maximum absolute atomic E-state index is 13.0. The third-order valence-electron chi connectivity index (χ3n) is 8.79. The second-order valence-electron chi connectivity index (χ2n) is 12.0. The van der Waals surface area contributed by atoms with Gasteiger partial charge in [0.1, 0.15) is 6.04 Å². The molecule has 0 saturated carbocycles. The van der Waals surface area contributed by atoms with E-state index in [1.165, 1.54) is 0 Å². The first-order valence-corrected chi connectivity index (χ1v) is 15.7. The number of nitrogens with zero attached hydrogens (tertiary/aromatic N) is 5. The molecule has 3 aromatic rings. The highest BCUT2D eigenvalue weighted by Gasteiger charge is 2.47. The smallest absolute Gasteiger partial charge is 0.392 e. The zero-order valence-electron chi connectivity index (χ0n) is 25.7. The minimum Gasteiger partial charge on any atom is -0.392 e. The average Bonchev–Trinajstić information content (AvgIpc) is 3.59. The molecule has 2 N–H and O–H groups in total. The Hall–Kier alpha value is -4.11. The number of carbonyl (C=O) groups excluding carboxylic acids is 2. The van der Waals surface area contributed by atoms with Crippen molar-refractivity contribution in [3.05, 3.63) is 83.7 Å². The third kappa shape index (κ3) is 7.89. The Morgan fingerprint density at radius 2 is 1.60 bits per heavy atom. The Morgan fingerprint density at radius 1 is 0.915 bits per heavy atom. The van der Waals surface area contributed by atoms with Crippen LogP contribution in [0, 0.1) is 0 Å². The SMILES string of the molecule is O=C(Nc1ccc([C@@H]2O[C@H](CN3CCN(c4ncccn4)CC3)C[C@H](c3ccc(CO)cc3)O2)cc1)[C@@H]1CCCN1C(=O)C(F)(F)F. The van der Waals surface area contributed by atoms with E-state index in [1.807, 2.05) is 24.3 Å². The van der Waals surface area contributed by atoms with Crippen LogP contribution in [-0.4, -0.2) is 94.3 Å². The standard InChI is InChI=1S/C33H37F3N6O5/c34-33(35,36)31(45)42-14-1-3-27(42)29(44)39-25-10-8-24(9-11-25)30-46-26(19-28(47-30)23-6-4-22(21-43)5-7-23)20-40-15-17-41(18-16-40)32-37-12-2-13-38-32/h2,4-13,26-28,30,43H,1,3,14-21H2,(H,39,44)/t26-,27-,28+,30+/m0/s1. The summed E-state index contributed by atoms with van der Waals surface area (Å²) in [5.41, 5.74) is 2.86. The van der Waals surface area contributed by atoms with Crippen LogP contribution < -0.4 is 10.2 Å². The number of rotatable bonds is 8. The molecule has 3 aliphatic rings. The molecular weight excluding hydrogens is 617 g/mol. The van der Waals surface area contributed by atoms with E-state index in [2.05, 4.69) is 25.1 Å². The number of ether oxygens (including phenoxy) is 2. The highest BCUT2D eigenvalue weighted by Crippen LogP contribution is 2.38. The van der Waals surface area contributed by atoms with Crippen LogP contribution in [-0.2, 0) is 25.7 Å². The van der Waals surface area contributed by atoms with E-state index in [4.69, 9.17) is 9.47 Å². The second-order valence-corrected chi connectivity index (χ2v) is 12.0. The molecule has 11 nitrogen and oxygen atoms in total. The number of aromatic nitrogens is 2. The van der Waals surface area contributed by atoms with Gasteiger partial charge >= 0.3 is 12.1 Å². The van der Waals surface area contributed by atoms with Gasteiger partial charge in [-0.2, -0.15) is 13.2 Å². The normalized spacial score (nSPS) is 23.9. The average molecular weight is 655 g/mol. The van der Waals surface area contributed by atoms with Crippen molar-refractivity contribution in [3.8, 4) is 0 Å². The molecule has 0 bridgehead atoms. The van der Waals surface area contributed by atoms with Gasteiger partial charge in [-0.15, -0.1) is 0 Å². The molecular formula is C33H37F3N6O5. The van der Waals surface area contributed by atoms with Crippen molar-refractivity contribution < 1.29 is 37.3 Å². The predicted molar refractivity (Wildman–Crippen MR) is 165 cm³/mol. The number of alkyl halides is 3. The van der Waals surface area contributed by atoms with E-state index in [0.29, 0.717) is 35.5 Å². The minimum absolute atomic E-state index is 0.0551. The Labute approximate surface area is 270 Å². The molecule has 0 radical (unpaired) electrons. The zero-order valence-corrected chi connectivity index (χ0v) is 25.7. The Balaban J connectivity index is 1.12. The number of aliphatic hydroxyl groups is 1. The summed E-state index contributed by atoms with van der Waals surface area (Å²) in [5, 5.41) is 12.1. The van der Waals surface area contributed by atoms with Crippen molar-refractivity contribution in [1.82, 2.24) is 19.8 Å². The predicted octanol–water partition coefficient (Wildman–Crippen LogP) is 3.83. The number of anilines is 2. The van der Waals surface area contributed by atoms with Gasteiger partial charge in [0.05, 0.1) is 18.8 Å². The summed E-state index contributed by atoms with van der Waals surface area (Å²) in [5.74, 6) is -1.95. The van der Waals surface area contributed by atoms with Gasteiger partial charge in [-0.05, 0) is 42.2 Å². The van der Waals surface area contributed by atoms with Crippen molar-refractivity contribution in [3.63, 3.8) is 0 Å². The van der Waals surface area contributed by atoms with Crippen LogP contribution in [0.2, 0.25) is 0 Å². The summed E-state index contributed by atoms with van der Waals surface area (Å²) in [6.07, 6.45) is -1.60. The Kier molecular flexibility index (Phi) is 10.0. The van der Waals surface area contributed by atoms with Crippen LogP contribution in [0.3, 0.4) is 0 Å². The van der Waals surface area contributed by atoms with E-state index in [-0.39, 0.29) is 31.8 Å². The van der Waals surface area contributed by atoms with Crippen molar-refractivity contribution >= 4 is 23.5 Å². The van der Waals surface area contributed by atoms with Crippen molar-refractivity contribution in [2.75, 3.05) is 49.5 Å². The fourth-order valence-corrected chi connectivity index (χ4v) is 6.30. The second kappa shape index (κ2) is 14.3. The van der Waals surface area contributed by atoms with Crippen LogP contribution >= 0.6 is 0 Å². The number of hydrogen-bond donors (Lipinski definition) is 2. The van der Waals surface area contributed by atoms with Crippen molar-refractivity contribution in [1.29, 1.82) is 0 Å². The van der Waals surface area contributed by atoms with Crippen molar-refractivity contribution in [2.45, 2.75) is 56.6 Å². The van der Waals surface area contributed by atoms with Crippen LogP contribution in [0.25, 0.3) is 0 Å². The first-order valence-electron chi connectivity index (χ1n) is 15.7. The molecule has 3 saturated heterocycles. The fraction of sp³-hybridized carbons (Fsp3) is 0.455. The molecule has 2 amide bonds. The van der Waals surface area contributed by atoms with Gasteiger partial charge in [0.25, 0.3) is 0 Å².